The average molecular weight is 520 g/mol. The van der Waals surface area contributed by atoms with Gasteiger partial charge in [-0.1, -0.05) is 15.9 Å². The summed E-state index contributed by atoms with van der Waals surface area (Å²) in [5.41, 5.74) is 0.720. The fraction of sp³-hybridized carbons (Fsp3) is 0.182. The number of amides is 2. The number of hydrogen-bond donors (Lipinski definition) is 0. The number of halogens is 1. The van der Waals surface area contributed by atoms with Crippen molar-refractivity contribution >= 4 is 56.9 Å². The van der Waals surface area contributed by atoms with Crippen molar-refractivity contribution in [3.05, 3.63) is 63.0 Å². The summed E-state index contributed by atoms with van der Waals surface area (Å²) in [6.45, 7) is 1.31. The second kappa shape index (κ2) is 10.5. The summed E-state index contributed by atoms with van der Waals surface area (Å²) >= 11 is 4.04. The molecule has 1 aliphatic heterocycles. The Hall–Kier alpha value is -3.11. The minimum atomic E-state index is -0.674. The molecule has 2 amide bonds. The van der Waals surface area contributed by atoms with Gasteiger partial charge in [0.15, 0.2) is 0 Å². The maximum Gasteiger partial charge on any atom is 0.343 e. The Labute approximate surface area is 196 Å². The molecule has 0 N–H and O–H groups in total. The minimum absolute atomic E-state index is 0.0964. The van der Waals surface area contributed by atoms with Crippen LogP contribution in [-0.2, 0) is 14.3 Å². The second-order valence-electron chi connectivity index (χ2n) is 6.37. The van der Waals surface area contributed by atoms with E-state index in [2.05, 4.69) is 15.9 Å². The maximum absolute atomic E-state index is 12.6. The lowest BCUT2D eigenvalue weighted by atomic mass is 10.1. The van der Waals surface area contributed by atoms with E-state index in [9.17, 15) is 19.2 Å². The molecule has 0 bridgehead atoms. The summed E-state index contributed by atoms with van der Waals surface area (Å²) in [5, 5.41) is -0.582. The molecule has 10 heteroatoms. The molecule has 8 nitrogen and oxygen atoms in total. The lowest BCUT2D eigenvalue weighted by molar-refractivity contribution is -0.145. The average Bonchev–Trinajstić information content (AvgIpc) is 3.03. The number of nitrogens with zero attached hydrogens (tertiary/aromatic N) is 1. The number of esters is 2. The standard InChI is InChI=1S/C22H18BrNO7S/c1-3-30-19(25)12-24-20(26)18(32-22(24)28)11-14-10-15(23)6-9-17(14)31-21(27)13-4-7-16(29-2)8-5-13/h4-11H,3,12H2,1-2H3/b18-11-. The lowest BCUT2D eigenvalue weighted by Crippen LogP contribution is -2.34. The highest BCUT2D eigenvalue weighted by Gasteiger charge is 2.36. The van der Waals surface area contributed by atoms with Gasteiger partial charge in [-0.15, -0.1) is 0 Å². The molecule has 3 rings (SSSR count). The number of carbonyl (C=O) groups is 4. The largest absolute Gasteiger partial charge is 0.497 e. The van der Waals surface area contributed by atoms with Gasteiger partial charge in [-0.3, -0.25) is 19.3 Å². The van der Waals surface area contributed by atoms with Crippen LogP contribution in [0.25, 0.3) is 6.08 Å². The summed E-state index contributed by atoms with van der Waals surface area (Å²) in [4.78, 5) is 50.0. The first-order valence-corrected chi connectivity index (χ1v) is 11.0. The van der Waals surface area contributed by atoms with Crippen LogP contribution in [0.1, 0.15) is 22.8 Å². The number of imide groups is 1. The number of ether oxygens (including phenoxy) is 3. The minimum Gasteiger partial charge on any atom is -0.497 e. The zero-order chi connectivity index (χ0) is 23.3. The van der Waals surface area contributed by atoms with E-state index in [0.717, 1.165) is 4.90 Å². The Morgan fingerprint density at radius 2 is 1.84 bits per heavy atom. The van der Waals surface area contributed by atoms with Crippen molar-refractivity contribution in [2.24, 2.45) is 0 Å². The van der Waals surface area contributed by atoms with Gasteiger partial charge in [0.05, 0.1) is 24.2 Å². The molecule has 0 aliphatic carbocycles. The van der Waals surface area contributed by atoms with Gasteiger partial charge in [-0.25, -0.2) is 4.79 Å². The molecule has 0 radical (unpaired) electrons. The molecule has 32 heavy (non-hydrogen) atoms. The van der Waals surface area contributed by atoms with E-state index in [1.54, 1.807) is 49.4 Å². The molecule has 1 saturated heterocycles. The van der Waals surface area contributed by atoms with Gasteiger partial charge in [0.25, 0.3) is 11.1 Å². The third-order valence-corrected chi connectivity index (χ3v) is 5.65. The van der Waals surface area contributed by atoms with Gasteiger partial charge in [0.1, 0.15) is 18.0 Å². The lowest BCUT2D eigenvalue weighted by Gasteiger charge is -2.11. The molecule has 166 valence electrons. The van der Waals surface area contributed by atoms with Crippen LogP contribution in [0.15, 0.2) is 51.8 Å². The Bertz CT molecular complexity index is 1100. The van der Waals surface area contributed by atoms with E-state index in [0.29, 0.717) is 33.1 Å². The molecule has 1 aliphatic rings. The van der Waals surface area contributed by atoms with Crippen molar-refractivity contribution in [1.29, 1.82) is 0 Å². The summed E-state index contributed by atoms with van der Waals surface area (Å²) in [7, 11) is 1.52. The Morgan fingerprint density at radius 3 is 2.50 bits per heavy atom. The molecule has 0 atom stereocenters. The van der Waals surface area contributed by atoms with Crippen molar-refractivity contribution in [2.45, 2.75) is 6.92 Å². The molecule has 2 aromatic carbocycles. The smallest absolute Gasteiger partial charge is 0.343 e. The number of carbonyl (C=O) groups excluding carboxylic acids is 4. The van der Waals surface area contributed by atoms with Crippen LogP contribution in [-0.4, -0.2) is 48.2 Å². The van der Waals surface area contributed by atoms with Crippen molar-refractivity contribution in [3.8, 4) is 11.5 Å². The van der Waals surface area contributed by atoms with E-state index >= 15 is 0 Å². The third kappa shape index (κ3) is 5.57. The normalized spacial score (nSPS) is 14.6. The number of benzene rings is 2. The summed E-state index contributed by atoms with van der Waals surface area (Å²) in [6.07, 6.45) is 1.44. The third-order valence-electron chi connectivity index (χ3n) is 4.25. The van der Waals surface area contributed by atoms with E-state index in [1.807, 2.05) is 0 Å². The second-order valence-corrected chi connectivity index (χ2v) is 8.28. The van der Waals surface area contributed by atoms with Crippen molar-refractivity contribution in [2.75, 3.05) is 20.3 Å². The Kier molecular flexibility index (Phi) is 7.70. The Balaban J connectivity index is 1.83. The highest BCUT2D eigenvalue weighted by Crippen LogP contribution is 2.35. The first-order chi connectivity index (χ1) is 15.3. The SMILES string of the molecule is CCOC(=O)CN1C(=O)S/C(=C\c2cc(Br)ccc2OC(=O)c2ccc(OC)cc2)C1=O. The van der Waals surface area contributed by atoms with Gasteiger partial charge < -0.3 is 14.2 Å². The van der Waals surface area contributed by atoms with Crippen LogP contribution in [0.3, 0.4) is 0 Å². The van der Waals surface area contributed by atoms with Crippen LogP contribution in [0.4, 0.5) is 4.79 Å². The van der Waals surface area contributed by atoms with E-state index in [1.165, 1.54) is 13.2 Å². The van der Waals surface area contributed by atoms with E-state index in [4.69, 9.17) is 14.2 Å². The molecule has 2 aromatic rings. The van der Waals surface area contributed by atoms with Gasteiger partial charge in [-0.2, -0.15) is 0 Å². The summed E-state index contributed by atoms with van der Waals surface area (Å²) < 4.78 is 16.1. The van der Waals surface area contributed by atoms with E-state index in [-0.39, 0.29) is 17.3 Å². The predicted molar refractivity (Wildman–Crippen MR) is 121 cm³/mol. The van der Waals surface area contributed by atoms with Gasteiger partial charge >= 0.3 is 11.9 Å². The molecule has 1 fully saturated rings. The van der Waals surface area contributed by atoms with Crippen molar-refractivity contribution in [3.63, 3.8) is 0 Å². The molecule has 0 saturated carbocycles. The topological polar surface area (TPSA) is 99.2 Å². The number of hydrogen-bond acceptors (Lipinski definition) is 8. The van der Waals surface area contributed by atoms with Gasteiger partial charge in [-0.05, 0) is 67.2 Å². The molecule has 0 spiro atoms. The number of methoxy groups -OCH3 is 1. The first-order valence-electron chi connectivity index (χ1n) is 9.39. The zero-order valence-electron chi connectivity index (χ0n) is 17.1. The quantitative estimate of drug-likeness (QED) is 0.303. The zero-order valence-corrected chi connectivity index (χ0v) is 19.5. The molecular weight excluding hydrogens is 502 g/mol. The fourth-order valence-electron chi connectivity index (χ4n) is 2.72. The van der Waals surface area contributed by atoms with Crippen LogP contribution in [0.2, 0.25) is 0 Å². The van der Waals surface area contributed by atoms with Gasteiger partial charge in [0, 0.05) is 10.0 Å². The van der Waals surface area contributed by atoms with E-state index < -0.39 is 29.6 Å². The summed E-state index contributed by atoms with van der Waals surface area (Å²) in [6, 6.07) is 11.3. The molecule has 0 unspecified atom stereocenters. The van der Waals surface area contributed by atoms with Crippen molar-refractivity contribution < 1.29 is 33.4 Å². The van der Waals surface area contributed by atoms with Crippen LogP contribution < -0.4 is 9.47 Å². The maximum atomic E-state index is 12.6. The predicted octanol–water partition coefficient (Wildman–Crippen LogP) is 4.28. The highest BCUT2D eigenvalue weighted by atomic mass is 79.9. The van der Waals surface area contributed by atoms with Crippen molar-refractivity contribution in [1.82, 2.24) is 4.90 Å². The monoisotopic (exact) mass is 519 g/mol. The fourth-order valence-corrected chi connectivity index (χ4v) is 3.93. The molecule has 1 heterocycles. The summed E-state index contributed by atoms with van der Waals surface area (Å²) in [5.74, 6) is -1.09. The van der Waals surface area contributed by atoms with Crippen LogP contribution in [0.5, 0.6) is 11.5 Å². The molecular formula is C22H18BrNO7S. The Morgan fingerprint density at radius 1 is 1.12 bits per heavy atom. The number of thioether (sulfide) groups is 1. The first kappa shape index (κ1) is 23.6. The number of rotatable bonds is 7. The van der Waals surface area contributed by atoms with Gasteiger partial charge in [0.2, 0.25) is 0 Å². The van der Waals surface area contributed by atoms with Crippen LogP contribution in [0, 0.1) is 0 Å². The highest BCUT2D eigenvalue weighted by molar-refractivity contribution is 9.10. The molecule has 0 aromatic heterocycles. The van der Waals surface area contributed by atoms with Crippen LogP contribution >= 0.6 is 27.7 Å².